The van der Waals surface area contributed by atoms with E-state index >= 15 is 0 Å². The molecule has 1 fully saturated rings. The highest BCUT2D eigenvalue weighted by molar-refractivity contribution is 6.01. The van der Waals surface area contributed by atoms with Gasteiger partial charge in [-0.25, -0.2) is 4.79 Å². The average molecular weight is 286 g/mol. The highest BCUT2D eigenvalue weighted by Crippen LogP contribution is 2.12. The summed E-state index contributed by atoms with van der Waals surface area (Å²) >= 11 is 0. The first kappa shape index (κ1) is 14.8. The highest BCUT2D eigenvalue weighted by atomic mass is 16.5. The van der Waals surface area contributed by atoms with Crippen LogP contribution in [0, 0.1) is 11.3 Å². The molecule has 0 aliphatic carbocycles. The van der Waals surface area contributed by atoms with Gasteiger partial charge in [0, 0.05) is 13.1 Å². The van der Waals surface area contributed by atoms with Crippen LogP contribution in [0.3, 0.4) is 0 Å². The topological polar surface area (TPSA) is 90.6 Å². The van der Waals surface area contributed by atoms with Crippen molar-refractivity contribution in [2.75, 3.05) is 26.3 Å². The number of amides is 1. The second kappa shape index (κ2) is 6.68. The van der Waals surface area contributed by atoms with Crippen LogP contribution in [0.4, 0.5) is 0 Å². The molecular formula is C15H14N2O4. The average Bonchev–Trinajstić information content (AvgIpc) is 2.53. The molecule has 2 rings (SSSR count). The number of carboxylic acids is 1. The van der Waals surface area contributed by atoms with Crippen LogP contribution in [0.25, 0.3) is 6.08 Å². The van der Waals surface area contributed by atoms with E-state index in [9.17, 15) is 9.59 Å². The molecule has 1 aliphatic rings. The summed E-state index contributed by atoms with van der Waals surface area (Å²) in [5, 5.41) is 18.0. The van der Waals surface area contributed by atoms with Gasteiger partial charge >= 0.3 is 5.97 Å². The molecule has 1 aromatic carbocycles. The summed E-state index contributed by atoms with van der Waals surface area (Å²) in [4.78, 5) is 24.5. The smallest absolute Gasteiger partial charge is 0.335 e. The molecule has 6 heteroatoms. The zero-order valence-electron chi connectivity index (χ0n) is 11.3. The van der Waals surface area contributed by atoms with Gasteiger partial charge in [-0.05, 0) is 23.8 Å². The van der Waals surface area contributed by atoms with Crippen LogP contribution in [0.5, 0.6) is 0 Å². The Bertz CT molecular complexity index is 608. The van der Waals surface area contributed by atoms with Gasteiger partial charge in [-0.1, -0.05) is 12.1 Å². The Labute approximate surface area is 121 Å². The Morgan fingerprint density at radius 2 is 1.86 bits per heavy atom. The minimum Gasteiger partial charge on any atom is -0.478 e. The normalized spacial score (nSPS) is 15.4. The lowest BCUT2D eigenvalue weighted by Crippen LogP contribution is -2.41. The number of carbonyl (C=O) groups is 2. The van der Waals surface area contributed by atoms with Gasteiger partial charge in [-0.15, -0.1) is 0 Å². The number of nitrogens with zero attached hydrogens (tertiary/aromatic N) is 2. The molecule has 21 heavy (non-hydrogen) atoms. The van der Waals surface area contributed by atoms with Gasteiger partial charge in [0.1, 0.15) is 11.6 Å². The first-order valence-corrected chi connectivity index (χ1v) is 6.44. The van der Waals surface area contributed by atoms with Crippen LogP contribution in [0.1, 0.15) is 15.9 Å². The van der Waals surface area contributed by atoms with E-state index in [0.717, 1.165) is 0 Å². The van der Waals surface area contributed by atoms with Gasteiger partial charge in [-0.2, -0.15) is 5.26 Å². The van der Waals surface area contributed by atoms with Crippen molar-refractivity contribution in [1.82, 2.24) is 4.90 Å². The number of hydrogen-bond acceptors (Lipinski definition) is 4. The van der Waals surface area contributed by atoms with E-state index in [0.29, 0.717) is 31.9 Å². The minimum atomic E-state index is -1.02. The van der Waals surface area contributed by atoms with Crippen molar-refractivity contribution in [3.05, 3.63) is 41.0 Å². The summed E-state index contributed by atoms with van der Waals surface area (Å²) in [6.07, 6.45) is 1.46. The fourth-order valence-electron chi connectivity index (χ4n) is 1.97. The number of morpholine rings is 1. The number of aromatic carboxylic acids is 1. The maximum Gasteiger partial charge on any atom is 0.335 e. The van der Waals surface area contributed by atoms with E-state index < -0.39 is 5.97 Å². The summed E-state index contributed by atoms with van der Waals surface area (Å²) in [7, 11) is 0. The molecule has 0 spiro atoms. The SMILES string of the molecule is N#C/C(=C\c1ccc(C(=O)O)cc1)C(=O)N1CCOCC1. The molecule has 1 aromatic rings. The molecule has 0 atom stereocenters. The van der Waals surface area contributed by atoms with Crippen molar-refractivity contribution >= 4 is 18.0 Å². The van der Waals surface area contributed by atoms with Crippen LogP contribution in [0.15, 0.2) is 29.8 Å². The lowest BCUT2D eigenvalue weighted by atomic mass is 10.1. The van der Waals surface area contributed by atoms with E-state index in [-0.39, 0.29) is 17.0 Å². The first-order chi connectivity index (χ1) is 10.1. The second-order valence-corrected chi connectivity index (χ2v) is 4.50. The second-order valence-electron chi connectivity index (χ2n) is 4.50. The van der Waals surface area contributed by atoms with Gasteiger partial charge in [0.05, 0.1) is 18.8 Å². The Kier molecular flexibility index (Phi) is 4.69. The van der Waals surface area contributed by atoms with Crippen molar-refractivity contribution < 1.29 is 19.4 Å². The molecule has 1 heterocycles. The third-order valence-corrected chi connectivity index (χ3v) is 3.12. The van der Waals surface area contributed by atoms with Gasteiger partial charge in [0.25, 0.3) is 5.91 Å². The molecule has 1 amide bonds. The van der Waals surface area contributed by atoms with E-state index in [1.165, 1.54) is 18.2 Å². The molecule has 0 radical (unpaired) electrons. The molecule has 1 N–H and O–H groups in total. The number of ether oxygens (including phenoxy) is 1. The monoisotopic (exact) mass is 286 g/mol. The minimum absolute atomic E-state index is 0.0278. The number of rotatable bonds is 3. The predicted octanol–water partition coefficient (Wildman–Crippen LogP) is 1.15. The lowest BCUT2D eigenvalue weighted by Gasteiger charge is -2.26. The van der Waals surface area contributed by atoms with Gasteiger partial charge in [0.15, 0.2) is 0 Å². The summed E-state index contributed by atoms with van der Waals surface area (Å²) in [6, 6.07) is 7.89. The molecular weight excluding hydrogens is 272 g/mol. The van der Waals surface area contributed by atoms with Crippen molar-refractivity contribution in [3.63, 3.8) is 0 Å². The Morgan fingerprint density at radius 3 is 2.38 bits per heavy atom. The van der Waals surface area contributed by atoms with Crippen molar-refractivity contribution in [2.24, 2.45) is 0 Å². The number of hydrogen-bond donors (Lipinski definition) is 1. The maximum atomic E-state index is 12.2. The zero-order chi connectivity index (χ0) is 15.2. The molecule has 0 saturated carbocycles. The molecule has 0 unspecified atom stereocenters. The number of carbonyl (C=O) groups excluding carboxylic acids is 1. The standard InChI is InChI=1S/C15H14N2O4/c16-10-13(14(18)17-5-7-21-8-6-17)9-11-1-3-12(4-2-11)15(19)20/h1-4,9H,5-8H2,(H,19,20)/b13-9+. The third kappa shape index (κ3) is 3.68. The zero-order valence-corrected chi connectivity index (χ0v) is 11.3. The lowest BCUT2D eigenvalue weighted by molar-refractivity contribution is -0.130. The molecule has 6 nitrogen and oxygen atoms in total. The van der Waals surface area contributed by atoms with E-state index in [1.807, 2.05) is 6.07 Å². The van der Waals surface area contributed by atoms with Gasteiger partial charge < -0.3 is 14.7 Å². The molecule has 0 bridgehead atoms. The summed E-state index contributed by atoms with van der Waals surface area (Å²) in [6.45, 7) is 1.88. The van der Waals surface area contributed by atoms with E-state index in [2.05, 4.69) is 0 Å². The molecule has 0 aromatic heterocycles. The van der Waals surface area contributed by atoms with Crippen LogP contribution in [-0.2, 0) is 9.53 Å². The van der Waals surface area contributed by atoms with Crippen molar-refractivity contribution in [2.45, 2.75) is 0 Å². The first-order valence-electron chi connectivity index (χ1n) is 6.44. The largest absolute Gasteiger partial charge is 0.478 e. The fraction of sp³-hybridized carbons (Fsp3) is 0.267. The predicted molar refractivity (Wildman–Crippen MR) is 74.4 cm³/mol. The van der Waals surface area contributed by atoms with Crippen molar-refractivity contribution in [1.29, 1.82) is 5.26 Å². The Morgan fingerprint density at radius 1 is 1.24 bits per heavy atom. The summed E-state index contributed by atoms with van der Waals surface area (Å²) in [5.74, 6) is -1.35. The molecule has 1 aliphatic heterocycles. The quantitative estimate of drug-likeness (QED) is 0.665. The van der Waals surface area contributed by atoms with Crippen molar-refractivity contribution in [3.8, 4) is 6.07 Å². The van der Waals surface area contributed by atoms with Crippen LogP contribution in [-0.4, -0.2) is 48.2 Å². The van der Waals surface area contributed by atoms with Crippen LogP contribution >= 0.6 is 0 Å². The summed E-state index contributed by atoms with van der Waals surface area (Å²) < 4.78 is 5.17. The van der Waals surface area contributed by atoms with Crippen LogP contribution < -0.4 is 0 Å². The van der Waals surface area contributed by atoms with Gasteiger partial charge in [-0.3, -0.25) is 4.79 Å². The number of benzene rings is 1. The maximum absolute atomic E-state index is 12.2. The Balaban J connectivity index is 2.17. The summed E-state index contributed by atoms with van der Waals surface area (Å²) in [5.41, 5.74) is 0.795. The fourth-order valence-corrected chi connectivity index (χ4v) is 1.97. The van der Waals surface area contributed by atoms with Gasteiger partial charge in [0.2, 0.25) is 0 Å². The van der Waals surface area contributed by atoms with E-state index in [4.69, 9.17) is 15.1 Å². The third-order valence-electron chi connectivity index (χ3n) is 3.12. The van der Waals surface area contributed by atoms with Crippen LogP contribution in [0.2, 0.25) is 0 Å². The number of nitriles is 1. The molecule has 108 valence electrons. The Hall–Kier alpha value is -2.65. The number of carboxylic acid groups (broad SMARTS) is 1. The highest BCUT2D eigenvalue weighted by Gasteiger charge is 2.20. The van der Waals surface area contributed by atoms with E-state index in [1.54, 1.807) is 17.0 Å². The molecule has 1 saturated heterocycles.